The van der Waals surface area contributed by atoms with Crippen LogP contribution in [-0.4, -0.2) is 31.1 Å². The molecule has 0 atom stereocenters. The van der Waals surface area contributed by atoms with Crippen LogP contribution in [0.15, 0.2) is 39.5 Å². The number of ether oxygens (including phenoxy) is 2. The zero-order valence-corrected chi connectivity index (χ0v) is 13.6. The van der Waals surface area contributed by atoms with E-state index < -0.39 is 28.0 Å². The van der Waals surface area contributed by atoms with Crippen LogP contribution in [0, 0.1) is 10.1 Å². The first kappa shape index (κ1) is 17.1. The Morgan fingerprint density at radius 1 is 1.04 bits per heavy atom. The molecule has 3 rings (SSSR count). The minimum absolute atomic E-state index is 0.0247. The van der Waals surface area contributed by atoms with Crippen LogP contribution in [0.3, 0.4) is 0 Å². The molecule has 0 aliphatic heterocycles. The number of non-ortho nitro benzene ring substituents is 1. The van der Waals surface area contributed by atoms with Crippen LogP contribution in [0.4, 0.5) is 5.69 Å². The molecule has 0 bridgehead atoms. The lowest BCUT2D eigenvalue weighted by atomic mass is 10.1. The van der Waals surface area contributed by atoms with Crippen LogP contribution in [-0.2, 0) is 9.47 Å². The van der Waals surface area contributed by atoms with Gasteiger partial charge >= 0.3 is 11.9 Å². The van der Waals surface area contributed by atoms with Gasteiger partial charge in [0, 0.05) is 12.1 Å². The molecule has 1 heterocycles. The highest BCUT2D eigenvalue weighted by molar-refractivity contribution is 6.05. The molecule has 0 saturated carbocycles. The number of hydrogen-bond donors (Lipinski definition) is 0. The molecule has 0 amide bonds. The van der Waals surface area contributed by atoms with Gasteiger partial charge in [-0.05, 0) is 18.2 Å². The van der Waals surface area contributed by atoms with Gasteiger partial charge in [-0.25, -0.2) is 9.59 Å². The van der Waals surface area contributed by atoms with E-state index in [4.69, 9.17) is 4.42 Å². The van der Waals surface area contributed by atoms with E-state index in [2.05, 4.69) is 9.47 Å². The highest BCUT2D eigenvalue weighted by Crippen LogP contribution is 2.27. The molecule has 0 saturated heterocycles. The van der Waals surface area contributed by atoms with Crippen molar-refractivity contribution in [2.75, 3.05) is 14.2 Å². The third kappa shape index (κ3) is 2.65. The van der Waals surface area contributed by atoms with E-state index >= 15 is 0 Å². The number of carbonyl (C=O) groups is 2. The van der Waals surface area contributed by atoms with E-state index in [1.807, 2.05) is 0 Å². The summed E-state index contributed by atoms with van der Waals surface area (Å²) in [5.74, 6) is -1.53. The number of nitro groups is 1. The lowest BCUT2D eigenvalue weighted by Gasteiger charge is -2.07. The van der Waals surface area contributed by atoms with E-state index in [9.17, 15) is 24.5 Å². The molecular weight excluding hydrogens is 346 g/mol. The van der Waals surface area contributed by atoms with Gasteiger partial charge in [0.1, 0.15) is 11.1 Å². The molecule has 0 spiro atoms. The normalized spacial score (nSPS) is 10.7. The Balaban J connectivity index is 2.45. The highest BCUT2D eigenvalue weighted by Gasteiger charge is 2.22. The van der Waals surface area contributed by atoms with Crippen molar-refractivity contribution in [2.45, 2.75) is 0 Å². The maximum Gasteiger partial charge on any atom is 0.341 e. The van der Waals surface area contributed by atoms with Crippen molar-refractivity contribution in [2.24, 2.45) is 0 Å². The van der Waals surface area contributed by atoms with Crippen LogP contribution in [0.25, 0.3) is 21.9 Å². The van der Waals surface area contributed by atoms with E-state index in [0.29, 0.717) is 0 Å². The molecule has 1 aromatic heterocycles. The summed E-state index contributed by atoms with van der Waals surface area (Å²) in [6.45, 7) is 0. The highest BCUT2D eigenvalue weighted by atomic mass is 16.6. The molecule has 2 aromatic carbocycles. The SMILES string of the molecule is COC(=O)c1ccc2oc3c(C(=O)OC)cc([N+](=O)[O-])cc3c(=O)c2c1. The summed E-state index contributed by atoms with van der Waals surface area (Å²) >= 11 is 0. The molecular formula is C17H11NO8. The van der Waals surface area contributed by atoms with Crippen molar-refractivity contribution >= 4 is 39.6 Å². The van der Waals surface area contributed by atoms with Crippen molar-refractivity contribution in [3.63, 3.8) is 0 Å². The Labute approximate surface area is 144 Å². The van der Waals surface area contributed by atoms with Crippen molar-refractivity contribution in [3.8, 4) is 0 Å². The molecule has 9 nitrogen and oxygen atoms in total. The van der Waals surface area contributed by atoms with E-state index in [1.165, 1.54) is 25.3 Å². The smallest absolute Gasteiger partial charge is 0.341 e. The summed E-state index contributed by atoms with van der Waals surface area (Å²) in [4.78, 5) is 46.8. The molecule has 0 radical (unpaired) electrons. The van der Waals surface area contributed by atoms with Crippen LogP contribution < -0.4 is 5.43 Å². The van der Waals surface area contributed by atoms with Crippen molar-refractivity contribution in [3.05, 3.63) is 61.8 Å². The molecule has 0 aliphatic carbocycles. The van der Waals surface area contributed by atoms with Gasteiger partial charge in [0.15, 0.2) is 5.58 Å². The Morgan fingerprint density at radius 3 is 2.35 bits per heavy atom. The summed E-state index contributed by atoms with van der Waals surface area (Å²) in [5.41, 5.74) is -1.24. The maximum atomic E-state index is 12.8. The Morgan fingerprint density at radius 2 is 1.73 bits per heavy atom. The maximum absolute atomic E-state index is 12.8. The van der Waals surface area contributed by atoms with Crippen molar-refractivity contribution in [1.29, 1.82) is 0 Å². The molecule has 0 aliphatic rings. The third-order valence-electron chi connectivity index (χ3n) is 3.79. The molecule has 0 unspecified atom stereocenters. The number of benzene rings is 2. The lowest BCUT2D eigenvalue weighted by molar-refractivity contribution is -0.384. The fraction of sp³-hybridized carbons (Fsp3) is 0.118. The molecule has 3 aromatic rings. The zero-order chi connectivity index (χ0) is 19.0. The Bertz CT molecular complexity index is 1140. The quantitative estimate of drug-likeness (QED) is 0.303. The van der Waals surface area contributed by atoms with Crippen LogP contribution in [0.5, 0.6) is 0 Å². The van der Waals surface area contributed by atoms with Gasteiger partial charge in [0.25, 0.3) is 5.69 Å². The topological polar surface area (TPSA) is 126 Å². The van der Waals surface area contributed by atoms with Crippen LogP contribution in [0.2, 0.25) is 0 Å². The average Bonchev–Trinajstić information content (AvgIpc) is 2.65. The number of nitro benzene ring substituents is 1. The van der Waals surface area contributed by atoms with Crippen molar-refractivity contribution in [1.82, 2.24) is 0 Å². The number of esters is 2. The van der Waals surface area contributed by atoms with Crippen molar-refractivity contribution < 1.29 is 28.4 Å². The zero-order valence-electron chi connectivity index (χ0n) is 13.6. The number of hydrogen-bond acceptors (Lipinski definition) is 8. The number of nitrogens with zero attached hydrogens (tertiary/aromatic N) is 1. The predicted molar refractivity (Wildman–Crippen MR) is 89.3 cm³/mol. The van der Waals surface area contributed by atoms with Crippen LogP contribution >= 0.6 is 0 Å². The standard InChI is InChI=1S/C17H11NO8/c1-24-16(20)8-3-4-13-10(5-8)14(19)11-6-9(18(22)23)7-12(15(11)26-13)17(21)25-2/h3-7H,1-2H3. The second-order valence-electron chi connectivity index (χ2n) is 5.25. The van der Waals surface area contributed by atoms with Gasteiger partial charge in [0.05, 0.1) is 35.5 Å². The molecule has 0 fully saturated rings. The number of methoxy groups -OCH3 is 2. The Hall–Kier alpha value is -3.75. The summed E-state index contributed by atoms with van der Waals surface area (Å²) in [7, 11) is 2.30. The summed E-state index contributed by atoms with van der Waals surface area (Å²) < 4.78 is 14.8. The molecule has 26 heavy (non-hydrogen) atoms. The molecule has 0 N–H and O–H groups in total. The Kier molecular flexibility index (Phi) is 4.13. The fourth-order valence-corrected chi connectivity index (χ4v) is 2.56. The first-order chi connectivity index (χ1) is 12.4. The minimum Gasteiger partial charge on any atom is -0.465 e. The first-order valence-electron chi connectivity index (χ1n) is 7.23. The summed E-state index contributed by atoms with van der Waals surface area (Å²) in [5, 5.41) is 11.0. The molecule has 9 heteroatoms. The van der Waals surface area contributed by atoms with Crippen LogP contribution in [0.1, 0.15) is 20.7 Å². The summed E-state index contributed by atoms with van der Waals surface area (Å²) in [6.07, 6.45) is 0. The largest absolute Gasteiger partial charge is 0.465 e. The lowest BCUT2D eigenvalue weighted by Crippen LogP contribution is -2.10. The second kappa shape index (κ2) is 6.28. The average molecular weight is 357 g/mol. The first-order valence-corrected chi connectivity index (χ1v) is 7.23. The van der Waals surface area contributed by atoms with Gasteiger partial charge in [-0.2, -0.15) is 0 Å². The molecule has 132 valence electrons. The second-order valence-corrected chi connectivity index (χ2v) is 5.25. The van der Waals surface area contributed by atoms with Gasteiger partial charge in [-0.3, -0.25) is 14.9 Å². The monoisotopic (exact) mass is 357 g/mol. The number of fused-ring (bicyclic) bond motifs is 2. The third-order valence-corrected chi connectivity index (χ3v) is 3.79. The predicted octanol–water partition coefficient (Wildman–Crippen LogP) is 2.43. The number of carbonyl (C=O) groups excluding carboxylic acids is 2. The number of rotatable bonds is 3. The van der Waals surface area contributed by atoms with Gasteiger partial charge < -0.3 is 13.9 Å². The summed E-state index contributed by atoms with van der Waals surface area (Å²) in [6, 6.07) is 6.03. The minimum atomic E-state index is -0.882. The van der Waals surface area contributed by atoms with E-state index in [0.717, 1.165) is 19.2 Å². The van der Waals surface area contributed by atoms with Gasteiger partial charge in [-0.15, -0.1) is 0 Å². The van der Waals surface area contributed by atoms with Gasteiger partial charge in [-0.1, -0.05) is 0 Å². The fourth-order valence-electron chi connectivity index (χ4n) is 2.56. The van der Waals surface area contributed by atoms with E-state index in [1.54, 1.807) is 0 Å². The van der Waals surface area contributed by atoms with E-state index in [-0.39, 0.29) is 33.1 Å². The van der Waals surface area contributed by atoms with Gasteiger partial charge in [0.2, 0.25) is 5.43 Å².